The summed E-state index contributed by atoms with van der Waals surface area (Å²) in [6, 6.07) is 65.5. The fourth-order valence-corrected chi connectivity index (χ4v) is 9.35. The Bertz CT molecular complexity index is 3260. The van der Waals surface area contributed by atoms with E-state index in [-0.39, 0.29) is 0 Å². The van der Waals surface area contributed by atoms with Crippen molar-refractivity contribution >= 4 is 64.2 Å². The topological polar surface area (TPSA) is 30.7 Å². The van der Waals surface area contributed by atoms with E-state index < -0.39 is 0 Å². The van der Waals surface area contributed by atoms with Crippen molar-refractivity contribution in [2.45, 2.75) is 6.92 Å². The molecule has 0 fully saturated rings. The fourth-order valence-electron chi connectivity index (χ4n) is 8.27. The van der Waals surface area contributed by atoms with Crippen LogP contribution in [0, 0.1) is 6.92 Å². The lowest BCUT2D eigenvalue weighted by atomic mass is 9.96. The number of para-hydroxylation sites is 2. The van der Waals surface area contributed by atoms with Gasteiger partial charge >= 0.3 is 0 Å². The van der Waals surface area contributed by atoms with Crippen LogP contribution >= 0.6 is 11.3 Å². The van der Waals surface area contributed by atoms with Crippen molar-refractivity contribution in [3.8, 4) is 50.6 Å². The molecule has 0 radical (unpaired) electrons. The Morgan fingerprint density at radius 1 is 0.400 bits per heavy atom. The van der Waals surface area contributed by atoms with Crippen LogP contribution < -0.4 is 0 Å². The molecule has 0 spiro atoms. The first-order chi connectivity index (χ1) is 27.2. The fraction of sp³-hybridized carbons (Fsp3) is 0.0196. The molecule has 258 valence electrons. The molecular formula is C51H33N3S. The van der Waals surface area contributed by atoms with Crippen LogP contribution in [0.5, 0.6) is 0 Å². The molecule has 0 atom stereocenters. The SMILES string of the molecule is Cc1cc(-c2nc(-n3c4ccccc4c4cc(-c5ccc(-c6ccc7sc8ccccc8c7c6)cc5)ccc43)nc3ccccc23)ccc1-c1ccccc1. The summed E-state index contributed by atoms with van der Waals surface area (Å²) in [5.74, 6) is 0.664. The summed E-state index contributed by atoms with van der Waals surface area (Å²) in [7, 11) is 0. The van der Waals surface area contributed by atoms with Crippen molar-refractivity contribution in [2.24, 2.45) is 0 Å². The Balaban J connectivity index is 1.01. The maximum atomic E-state index is 5.36. The van der Waals surface area contributed by atoms with Gasteiger partial charge in [0.25, 0.3) is 0 Å². The third kappa shape index (κ3) is 5.25. The number of aromatic nitrogens is 3. The van der Waals surface area contributed by atoms with Crippen molar-refractivity contribution in [1.29, 1.82) is 0 Å². The number of benzene rings is 8. The van der Waals surface area contributed by atoms with E-state index in [0.717, 1.165) is 33.2 Å². The molecule has 55 heavy (non-hydrogen) atoms. The van der Waals surface area contributed by atoms with Crippen molar-refractivity contribution in [1.82, 2.24) is 14.5 Å². The second kappa shape index (κ2) is 12.6. The van der Waals surface area contributed by atoms with Crippen molar-refractivity contribution < 1.29 is 0 Å². The van der Waals surface area contributed by atoms with Gasteiger partial charge in [-0.05, 0) is 94.4 Å². The minimum Gasteiger partial charge on any atom is -0.278 e. The zero-order chi connectivity index (χ0) is 36.5. The molecule has 3 heterocycles. The van der Waals surface area contributed by atoms with Gasteiger partial charge in [0.1, 0.15) is 0 Å². The molecule has 11 rings (SSSR count). The minimum atomic E-state index is 0.664. The van der Waals surface area contributed by atoms with E-state index >= 15 is 0 Å². The molecule has 0 aliphatic rings. The first-order valence-electron chi connectivity index (χ1n) is 18.7. The van der Waals surface area contributed by atoms with Gasteiger partial charge in [0.2, 0.25) is 5.95 Å². The Kier molecular flexibility index (Phi) is 7.26. The van der Waals surface area contributed by atoms with Gasteiger partial charge in [0.05, 0.1) is 22.2 Å². The largest absolute Gasteiger partial charge is 0.278 e. The highest BCUT2D eigenvalue weighted by molar-refractivity contribution is 7.25. The highest BCUT2D eigenvalue weighted by atomic mass is 32.1. The van der Waals surface area contributed by atoms with Crippen LogP contribution in [0.4, 0.5) is 0 Å². The average Bonchev–Trinajstić information content (AvgIpc) is 3.79. The van der Waals surface area contributed by atoms with Gasteiger partial charge in [-0.3, -0.25) is 4.57 Å². The van der Waals surface area contributed by atoms with Crippen LogP contribution in [0.15, 0.2) is 182 Å². The second-order valence-electron chi connectivity index (χ2n) is 14.3. The number of fused-ring (bicyclic) bond motifs is 7. The van der Waals surface area contributed by atoms with Crippen LogP contribution in [-0.2, 0) is 0 Å². The molecule has 0 amide bonds. The summed E-state index contributed by atoms with van der Waals surface area (Å²) in [4.78, 5) is 10.6. The summed E-state index contributed by atoms with van der Waals surface area (Å²) in [5.41, 5.74) is 13.5. The van der Waals surface area contributed by atoms with E-state index in [9.17, 15) is 0 Å². The molecule has 3 aromatic heterocycles. The standard InChI is InChI=1S/C51H33N3S/c1-32-29-38(23-26-39(32)35-11-3-2-4-12-35)50-42-15-5-8-16-45(42)52-51(53-50)54-46-17-9-6-13-40(46)43-30-36(24-27-47(43)54)33-19-21-34(22-20-33)37-25-28-49-44(31-37)41-14-7-10-18-48(41)55-49/h2-31H,1H3. The lowest BCUT2D eigenvalue weighted by molar-refractivity contribution is 1.01. The van der Waals surface area contributed by atoms with E-state index in [1.165, 1.54) is 69.9 Å². The Labute approximate surface area is 322 Å². The van der Waals surface area contributed by atoms with Gasteiger partial charge in [-0.2, -0.15) is 0 Å². The van der Waals surface area contributed by atoms with Crippen molar-refractivity contribution in [3.05, 3.63) is 188 Å². The zero-order valence-electron chi connectivity index (χ0n) is 30.1. The van der Waals surface area contributed by atoms with E-state index in [2.05, 4.69) is 193 Å². The molecule has 0 saturated heterocycles. The molecule has 0 bridgehead atoms. The van der Waals surface area contributed by atoms with Crippen LogP contribution in [-0.4, -0.2) is 14.5 Å². The number of thiophene rings is 1. The maximum absolute atomic E-state index is 5.36. The lowest BCUT2D eigenvalue weighted by Gasteiger charge is -2.13. The normalized spacial score (nSPS) is 11.7. The molecule has 4 heteroatoms. The Morgan fingerprint density at radius 3 is 1.80 bits per heavy atom. The molecule has 0 aliphatic heterocycles. The maximum Gasteiger partial charge on any atom is 0.235 e. The summed E-state index contributed by atoms with van der Waals surface area (Å²) < 4.78 is 4.88. The summed E-state index contributed by atoms with van der Waals surface area (Å²) in [6.45, 7) is 2.18. The lowest BCUT2D eigenvalue weighted by Crippen LogP contribution is -2.03. The predicted octanol–water partition coefficient (Wildman–Crippen LogP) is 14.1. The summed E-state index contributed by atoms with van der Waals surface area (Å²) in [5, 5.41) is 6.03. The molecule has 0 saturated carbocycles. The Hall–Kier alpha value is -6.88. The second-order valence-corrected chi connectivity index (χ2v) is 15.3. The average molecular weight is 720 g/mol. The molecule has 0 aliphatic carbocycles. The van der Waals surface area contributed by atoms with Gasteiger partial charge < -0.3 is 0 Å². The third-order valence-corrected chi connectivity index (χ3v) is 12.1. The molecule has 0 unspecified atom stereocenters. The zero-order valence-corrected chi connectivity index (χ0v) is 30.9. The van der Waals surface area contributed by atoms with E-state index in [1.54, 1.807) is 0 Å². The summed E-state index contributed by atoms with van der Waals surface area (Å²) >= 11 is 1.86. The van der Waals surface area contributed by atoms with Crippen LogP contribution in [0.1, 0.15) is 5.56 Å². The number of rotatable bonds is 5. The van der Waals surface area contributed by atoms with Crippen molar-refractivity contribution in [2.75, 3.05) is 0 Å². The molecule has 3 nitrogen and oxygen atoms in total. The number of hydrogen-bond acceptors (Lipinski definition) is 3. The van der Waals surface area contributed by atoms with Crippen molar-refractivity contribution in [3.63, 3.8) is 0 Å². The smallest absolute Gasteiger partial charge is 0.235 e. The number of aryl methyl sites for hydroxylation is 1. The number of hydrogen-bond donors (Lipinski definition) is 0. The summed E-state index contributed by atoms with van der Waals surface area (Å²) in [6.07, 6.45) is 0. The molecule has 0 N–H and O–H groups in total. The van der Waals surface area contributed by atoms with Crippen LogP contribution in [0.3, 0.4) is 0 Å². The number of nitrogens with zero attached hydrogens (tertiary/aromatic N) is 3. The predicted molar refractivity (Wildman–Crippen MR) is 233 cm³/mol. The first-order valence-corrected chi connectivity index (χ1v) is 19.5. The Morgan fingerprint density at radius 2 is 1.00 bits per heavy atom. The highest BCUT2D eigenvalue weighted by Gasteiger charge is 2.18. The molecule has 11 aromatic rings. The van der Waals surface area contributed by atoms with Crippen LogP contribution in [0.25, 0.3) is 103 Å². The van der Waals surface area contributed by atoms with Gasteiger partial charge in [0, 0.05) is 41.9 Å². The first kappa shape index (κ1) is 31.6. The highest BCUT2D eigenvalue weighted by Crippen LogP contribution is 2.39. The van der Waals surface area contributed by atoms with Crippen LogP contribution in [0.2, 0.25) is 0 Å². The monoisotopic (exact) mass is 719 g/mol. The minimum absolute atomic E-state index is 0.664. The van der Waals surface area contributed by atoms with Gasteiger partial charge in [-0.15, -0.1) is 11.3 Å². The quantitative estimate of drug-likeness (QED) is 0.177. The molecular weight excluding hydrogens is 687 g/mol. The third-order valence-electron chi connectivity index (χ3n) is 11.0. The van der Waals surface area contributed by atoms with E-state index in [1.807, 2.05) is 11.3 Å². The van der Waals surface area contributed by atoms with E-state index in [4.69, 9.17) is 9.97 Å². The molecule has 8 aromatic carbocycles. The van der Waals surface area contributed by atoms with Gasteiger partial charge in [0.15, 0.2) is 0 Å². The van der Waals surface area contributed by atoms with Gasteiger partial charge in [-0.1, -0.05) is 133 Å². The van der Waals surface area contributed by atoms with Gasteiger partial charge in [-0.25, -0.2) is 9.97 Å². The van der Waals surface area contributed by atoms with E-state index in [0.29, 0.717) is 5.95 Å².